The van der Waals surface area contributed by atoms with Gasteiger partial charge in [-0.2, -0.15) is 0 Å². The summed E-state index contributed by atoms with van der Waals surface area (Å²) < 4.78 is 5.51. The number of H-pyrrole nitrogens is 1. The van der Waals surface area contributed by atoms with Crippen molar-refractivity contribution >= 4 is 22.5 Å². The van der Waals surface area contributed by atoms with Gasteiger partial charge < -0.3 is 19.9 Å². The number of benzene rings is 2. The van der Waals surface area contributed by atoms with Crippen molar-refractivity contribution in [1.82, 2.24) is 9.88 Å². The van der Waals surface area contributed by atoms with Gasteiger partial charge in [-0.1, -0.05) is 23.7 Å². The van der Waals surface area contributed by atoms with E-state index in [9.17, 15) is 5.11 Å². The smallest absolute Gasteiger partial charge is 0.119 e. The highest BCUT2D eigenvalue weighted by Crippen LogP contribution is 2.38. The Morgan fingerprint density at radius 1 is 1.26 bits per heavy atom. The number of aliphatic hydroxyl groups excluding tert-OH is 2. The fraction of sp³-hybridized carbons (Fsp3) is 0.333. The molecule has 0 fully saturated rings. The van der Waals surface area contributed by atoms with Crippen molar-refractivity contribution in [3.05, 3.63) is 64.3 Å². The van der Waals surface area contributed by atoms with E-state index in [0.717, 1.165) is 23.5 Å². The zero-order valence-corrected chi connectivity index (χ0v) is 15.9. The molecule has 3 aromatic rings. The molecule has 142 valence electrons. The van der Waals surface area contributed by atoms with Crippen molar-refractivity contribution in [2.45, 2.75) is 18.6 Å². The molecule has 3 N–H and O–H groups in total. The fourth-order valence-corrected chi connectivity index (χ4v) is 3.97. The lowest BCUT2D eigenvalue weighted by Crippen LogP contribution is -2.32. The summed E-state index contributed by atoms with van der Waals surface area (Å²) in [7, 11) is 2.13. The Labute approximate surface area is 163 Å². The van der Waals surface area contributed by atoms with E-state index in [4.69, 9.17) is 21.4 Å². The van der Waals surface area contributed by atoms with Crippen LogP contribution in [0.4, 0.5) is 0 Å². The maximum atomic E-state index is 9.42. The summed E-state index contributed by atoms with van der Waals surface area (Å²) in [6.07, 6.45) is 0.123. The minimum absolute atomic E-state index is 0.0755. The van der Waals surface area contributed by atoms with Crippen LogP contribution in [0.25, 0.3) is 10.9 Å². The number of rotatable bonds is 5. The van der Waals surface area contributed by atoms with Crippen LogP contribution in [0.5, 0.6) is 5.75 Å². The quantitative estimate of drug-likeness (QED) is 0.630. The van der Waals surface area contributed by atoms with E-state index >= 15 is 0 Å². The first-order chi connectivity index (χ1) is 13.1. The molecule has 2 atom stereocenters. The van der Waals surface area contributed by atoms with Gasteiger partial charge >= 0.3 is 0 Å². The topological polar surface area (TPSA) is 68.7 Å². The molecule has 0 amide bonds. The minimum Gasteiger partial charge on any atom is -0.491 e. The molecule has 4 rings (SSSR count). The molecule has 5 nitrogen and oxygen atoms in total. The second kappa shape index (κ2) is 7.52. The van der Waals surface area contributed by atoms with E-state index in [1.165, 1.54) is 22.2 Å². The molecule has 0 radical (unpaired) electrons. The monoisotopic (exact) mass is 386 g/mol. The standard InChI is InChI=1S/C21H23ClN2O3/c1-24-9-8-17-18-10-14(22)4-7-19(18)23-20(17)21(24)13-2-5-16(6-3-13)27-12-15(26)11-25/h2-7,10,15,21,23,25-26H,8-9,11-12H2,1H3. The van der Waals surface area contributed by atoms with Crippen LogP contribution in [0.1, 0.15) is 22.9 Å². The Morgan fingerprint density at radius 2 is 2.04 bits per heavy atom. The number of nitrogens with zero attached hydrogens (tertiary/aromatic N) is 1. The van der Waals surface area contributed by atoms with E-state index in [0.29, 0.717) is 5.75 Å². The zero-order chi connectivity index (χ0) is 19.0. The van der Waals surface area contributed by atoms with E-state index in [-0.39, 0.29) is 19.3 Å². The Morgan fingerprint density at radius 3 is 2.78 bits per heavy atom. The number of hydrogen-bond acceptors (Lipinski definition) is 4. The van der Waals surface area contributed by atoms with Gasteiger partial charge in [0.2, 0.25) is 0 Å². The summed E-state index contributed by atoms with van der Waals surface area (Å²) in [5.74, 6) is 0.674. The van der Waals surface area contributed by atoms with Gasteiger partial charge in [-0.05, 0) is 54.9 Å². The van der Waals surface area contributed by atoms with Crippen molar-refractivity contribution in [2.24, 2.45) is 0 Å². The average molecular weight is 387 g/mol. The second-order valence-electron chi connectivity index (χ2n) is 7.06. The number of hydrogen-bond donors (Lipinski definition) is 3. The van der Waals surface area contributed by atoms with Gasteiger partial charge in [0, 0.05) is 28.2 Å². The molecule has 2 heterocycles. The molecule has 1 aromatic heterocycles. The van der Waals surface area contributed by atoms with Gasteiger partial charge in [0.1, 0.15) is 18.5 Å². The van der Waals surface area contributed by atoms with E-state index < -0.39 is 6.10 Å². The molecular formula is C21H23ClN2O3. The van der Waals surface area contributed by atoms with Crippen molar-refractivity contribution in [3.63, 3.8) is 0 Å². The van der Waals surface area contributed by atoms with Crippen LogP contribution < -0.4 is 4.74 Å². The highest BCUT2D eigenvalue weighted by Gasteiger charge is 2.29. The SMILES string of the molecule is CN1CCc2c([nH]c3ccc(Cl)cc23)C1c1ccc(OCC(O)CO)cc1. The van der Waals surface area contributed by atoms with Crippen LogP contribution in [0.2, 0.25) is 5.02 Å². The van der Waals surface area contributed by atoms with Gasteiger partial charge in [0.25, 0.3) is 0 Å². The summed E-state index contributed by atoms with van der Waals surface area (Å²) in [5, 5.41) is 20.3. The summed E-state index contributed by atoms with van der Waals surface area (Å²) in [6, 6.07) is 14.0. The minimum atomic E-state index is -0.866. The summed E-state index contributed by atoms with van der Waals surface area (Å²) in [5.41, 5.74) is 4.83. The molecule has 2 aromatic carbocycles. The molecule has 0 saturated heterocycles. The van der Waals surface area contributed by atoms with Crippen molar-refractivity contribution in [3.8, 4) is 5.75 Å². The van der Waals surface area contributed by atoms with Crippen LogP contribution in [0.3, 0.4) is 0 Å². The predicted molar refractivity (Wildman–Crippen MR) is 107 cm³/mol. The number of aromatic nitrogens is 1. The first-order valence-electron chi connectivity index (χ1n) is 9.08. The normalized spacial score (nSPS) is 18.4. The van der Waals surface area contributed by atoms with Crippen molar-refractivity contribution < 1.29 is 14.9 Å². The number of fused-ring (bicyclic) bond motifs is 3. The van der Waals surface area contributed by atoms with E-state index in [2.05, 4.69) is 29.1 Å². The van der Waals surface area contributed by atoms with Gasteiger partial charge in [0.05, 0.1) is 12.6 Å². The Balaban J connectivity index is 1.65. The summed E-state index contributed by atoms with van der Waals surface area (Å²) in [6.45, 7) is 0.738. The van der Waals surface area contributed by atoms with Crippen molar-refractivity contribution in [2.75, 3.05) is 26.8 Å². The first-order valence-corrected chi connectivity index (χ1v) is 9.46. The number of aromatic amines is 1. The van der Waals surface area contributed by atoms with Crippen molar-refractivity contribution in [1.29, 1.82) is 0 Å². The largest absolute Gasteiger partial charge is 0.491 e. The lowest BCUT2D eigenvalue weighted by atomic mass is 9.93. The maximum Gasteiger partial charge on any atom is 0.119 e. The molecule has 0 bridgehead atoms. The van der Waals surface area contributed by atoms with E-state index in [1.807, 2.05) is 30.3 Å². The third-order valence-electron chi connectivity index (χ3n) is 5.18. The van der Waals surface area contributed by atoms with Crippen LogP contribution in [-0.4, -0.2) is 53.0 Å². The Hall–Kier alpha value is -2.05. The fourth-order valence-electron chi connectivity index (χ4n) is 3.79. The molecule has 6 heteroatoms. The Bertz CT molecular complexity index is 938. The molecule has 0 spiro atoms. The predicted octanol–water partition coefficient (Wildman–Crippen LogP) is 3.13. The number of likely N-dealkylation sites (N-methyl/N-ethyl adjacent to an activating group) is 1. The van der Waals surface area contributed by atoms with Crippen LogP contribution in [-0.2, 0) is 6.42 Å². The Kier molecular flexibility index (Phi) is 5.10. The number of ether oxygens (including phenoxy) is 1. The number of nitrogens with one attached hydrogen (secondary N) is 1. The lowest BCUT2D eigenvalue weighted by molar-refractivity contribution is 0.0536. The third kappa shape index (κ3) is 3.56. The first kappa shape index (κ1) is 18.3. The zero-order valence-electron chi connectivity index (χ0n) is 15.2. The van der Waals surface area contributed by atoms with Crippen LogP contribution in [0.15, 0.2) is 42.5 Å². The molecule has 0 saturated carbocycles. The molecule has 27 heavy (non-hydrogen) atoms. The molecule has 1 aliphatic rings. The van der Waals surface area contributed by atoms with Crippen LogP contribution in [0, 0.1) is 0 Å². The van der Waals surface area contributed by atoms with Crippen LogP contribution >= 0.6 is 11.6 Å². The van der Waals surface area contributed by atoms with Gasteiger partial charge in [-0.15, -0.1) is 0 Å². The third-order valence-corrected chi connectivity index (χ3v) is 5.41. The highest BCUT2D eigenvalue weighted by molar-refractivity contribution is 6.31. The second-order valence-corrected chi connectivity index (χ2v) is 7.49. The molecular weight excluding hydrogens is 364 g/mol. The number of aliphatic hydroxyl groups is 2. The highest BCUT2D eigenvalue weighted by atomic mass is 35.5. The summed E-state index contributed by atoms with van der Waals surface area (Å²) in [4.78, 5) is 5.93. The van der Waals surface area contributed by atoms with E-state index in [1.54, 1.807) is 0 Å². The lowest BCUT2D eigenvalue weighted by Gasteiger charge is -2.33. The van der Waals surface area contributed by atoms with Gasteiger partial charge in [0.15, 0.2) is 0 Å². The number of halogens is 1. The molecule has 1 aliphatic heterocycles. The summed E-state index contributed by atoms with van der Waals surface area (Å²) >= 11 is 6.21. The van der Waals surface area contributed by atoms with Gasteiger partial charge in [-0.25, -0.2) is 0 Å². The average Bonchev–Trinajstić information content (AvgIpc) is 3.04. The molecule has 2 unspecified atom stereocenters. The van der Waals surface area contributed by atoms with Gasteiger partial charge in [-0.3, -0.25) is 4.90 Å². The molecule has 0 aliphatic carbocycles. The maximum absolute atomic E-state index is 9.42.